The Labute approximate surface area is 164 Å². The largest absolute Gasteiger partial charge is 0.497 e. The molecule has 1 aliphatic heterocycles. The van der Waals surface area contributed by atoms with Crippen molar-refractivity contribution in [3.63, 3.8) is 0 Å². The van der Waals surface area contributed by atoms with E-state index >= 15 is 0 Å². The second-order valence-corrected chi connectivity index (χ2v) is 6.88. The number of carbonyl (C=O) groups excluding carboxylic acids is 2. The molecule has 2 heterocycles. The molecule has 1 aromatic heterocycles. The Bertz CT molecular complexity index is 795. The van der Waals surface area contributed by atoms with Gasteiger partial charge in [0.1, 0.15) is 11.5 Å². The van der Waals surface area contributed by atoms with Crippen LogP contribution in [0, 0.1) is 6.92 Å². The molecular weight excluding hydrogens is 360 g/mol. The fourth-order valence-corrected chi connectivity index (χ4v) is 3.17. The predicted octanol–water partition coefficient (Wildman–Crippen LogP) is 1.71. The lowest BCUT2D eigenvalue weighted by Crippen LogP contribution is -2.50. The Balaban J connectivity index is 1.37. The maximum absolute atomic E-state index is 12.5. The number of benzene rings is 1. The van der Waals surface area contributed by atoms with Crippen molar-refractivity contribution in [2.75, 3.05) is 45.2 Å². The Morgan fingerprint density at radius 1 is 1.18 bits per heavy atom. The normalized spacial score (nSPS) is 14.7. The molecule has 0 atom stereocenters. The van der Waals surface area contributed by atoms with Crippen LogP contribution < -0.4 is 10.1 Å². The van der Waals surface area contributed by atoms with Gasteiger partial charge in [0.2, 0.25) is 11.8 Å². The van der Waals surface area contributed by atoms with Crippen LogP contribution in [-0.2, 0) is 16.0 Å². The minimum Gasteiger partial charge on any atom is -0.497 e. The van der Waals surface area contributed by atoms with Gasteiger partial charge in [0.25, 0.3) is 0 Å². The van der Waals surface area contributed by atoms with Gasteiger partial charge >= 0.3 is 0 Å². The summed E-state index contributed by atoms with van der Waals surface area (Å²) in [6, 6.07) is 9.46. The highest BCUT2D eigenvalue weighted by Crippen LogP contribution is 2.14. The van der Waals surface area contributed by atoms with Crippen molar-refractivity contribution in [3.05, 3.63) is 41.7 Å². The number of piperazine rings is 1. The first-order valence-corrected chi connectivity index (χ1v) is 9.40. The number of nitrogens with one attached hydrogen (secondary N) is 1. The molecule has 0 unspecified atom stereocenters. The molecule has 1 saturated heterocycles. The highest BCUT2D eigenvalue weighted by molar-refractivity contribution is 5.91. The zero-order valence-electron chi connectivity index (χ0n) is 16.3. The number of carbonyl (C=O) groups is 2. The molecule has 1 N–H and O–H groups in total. The van der Waals surface area contributed by atoms with Crippen molar-refractivity contribution in [2.45, 2.75) is 19.8 Å². The lowest BCUT2D eigenvalue weighted by atomic mass is 10.1. The van der Waals surface area contributed by atoms with Crippen LogP contribution in [0.15, 0.2) is 34.9 Å². The van der Waals surface area contributed by atoms with Crippen LogP contribution >= 0.6 is 0 Å². The molecule has 2 aromatic rings. The summed E-state index contributed by atoms with van der Waals surface area (Å²) in [6.45, 7) is 4.68. The van der Waals surface area contributed by atoms with Gasteiger partial charge in [-0.2, -0.15) is 0 Å². The molecular formula is C20H26N4O4. The SMILES string of the molecule is COc1ccc(CCC(=O)N2CCN(CC(=O)Nc3cc(C)on3)CC2)cc1. The summed E-state index contributed by atoms with van der Waals surface area (Å²) >= 11 is 0. The molecule has 0 radical (unpaired) electrons. The first-order chi connectivity index (χ1) is 13.5. The van der Waals surface area contributed by atoms with Crippen LogP contribution in [0.25, 0.3) is 0 Å². The third-order valence-electron chi connectivity index (χ3n) is 4.77. The Morgan fingerprint density at radius 3 is 2.50 bits per heavy atom. The second kappa shape index (κ2) is 9.36. The first-order valence-electron chi connectivity index (χ1n) is 9.40. The van der Waals surface area contributed by atoms with E-state index in [9.17, 15) is 9.59 Å². The molecule has 150 valence electrons. The van der Waals surface area contributed by atoms with Gasteiger partial charge in [0.15, 0.2) is 5.82 Å². The maximum atomic E-state index is 12.5. The number of ether oxygens (including phenoxy) is 1. The maximum Gasteiger partial charge on any atom is 0.239 e. The fourth-order valence-electron chi connectivity index (χ4n) is 3.17. The number of nitrogens with zero attached hydrogens (tertiary/aromatic N) is 3. The van der Waals surface area contributed by atoms with Crippen molar-refractivity contribution >= 4 is 17.6 Å². The summed E-state index contributed by atoms with van der Waals surface area (Å²) in [5, 5.41) is 6.47. The molecule has 0 saturated carbocycles. The Kier molecular flexibility index (Phi) is 6.65. The summed E-state index contributed by atoms with van der Waals surface area (Å²) in [7, 11) is 1.64. The average molecular weight is 386 g/mol. The second-order valence-electron chi connectivity index (χ2n) is 6.88. The lowest BCUT2D eigenvalue weighted by Gasteiger charge is -2.34. The van der Waals surface area contributed by atoms with Crippen LogP contribution in [0.2, 0.25) is 0 Å². The van der Waals surface area contributed by atoms with Gasteiger partial charge in [-0.05, 0) is 31.0 Å². The predicted molar refractivity (Wildman–Crippen MR) is 104 cm³/mol. The third-order valence-corrected chi connectivity index (χ3v) is 4.77. The van der Waals surface area contributed by atoms with Crippen LogP contribution in [-0.4, -0.2) is 66.6 Å². The lowest BCUT2D eigenvalue weighted by molar-refractivity contribution is -0.133. The minimum absolute atomic E-state index is 0.132. The van der Waals surface area contributed by atoms with Gasteiger partial charge in [-0.15, -0.1) is 0 Å². The van der Waals surface area contributed by atoms with E-state index in [4.69, 9.17) is 9.26 Å². The van der Waals surface area contributed by atoms with E-state index in [0.29, 0.717) is 50.6 Å². The van der Waals surface area contributed by atoms with E-state index in [1.807, 2.05) is 34.1 Å². The van der Waals surface area contributed by atoms with Crippen LogP contribution in [0.4, 0.5) is 5.82 Å². The molecule has 1 fully saturated rings. The summed E-state index contributed by atoms with van der Waals surface area (Å²) in [5.74, 6) is 1.91. The number of methoxy groups -OCH3 is 1. The van der Waals surface area contributed by atoms with Crippen LogP contribution in [0.1, 0.15) is 17.7 Å². The zero-order chi connectivity index (χ0) is 19.9. The Hall–Kier alpha value is -2.87. The highest BCUT2D eigenvalue weighted by atomic mass is 16.5. The van der Waals surface area contributed by atoms with E-state index in [-0.39, 0.29) is 18.4 Å². The van der Waals surface area contributed by atoms with Crippen LogP contribution in [0.5, 0.6) is 5.75 Å². The van der Waals surface area contributed by atoms with Gasteiger partial charge in [-0.25, -0.2) is 0 Å². The van der Waals surface area contributed by atoms with Gasteiger partial charge in [0, 0.05) is 38.7 Å². The minimum atomic E-state index is -0.132. The number of aromatic nitrogens is 1. The topological polar surface area (TPSA) is 87.9 Å². The number of hydrogen-bond donors (Lipinski definition) is 1. The summed E-state index contributed by atoms with van der Waals surface area (Å²) < 4.78 is 10.1. The molecule has 1 aliphatic rings. The summed E-state index contributed by atoms with van der Waals surface area (Å²) in [6.07, 6.45) is 1.20. The summed E-state index contributed by atoms with van der Waals surface area (Å²) in [5.41, 5.74) is 1.12. The third kappa shape index (κ3) is 5.56. The number of aryl methyl sites for hydroxylation is 2. The quantitative estimate of drug-likeness (QED) is 0.779. The molecule has 1 aromatic carbocycles. The number of rotatable bonds is 7. The van der Waals surface area contributed by atoms with Gasteiger partial charge < -0.3 is 19.5 Å². The van der Waals surface area contributed by atoms with Crippen molar-refractivity contribution < 1.29 is 18.8 Å². The van der Waals surface area contributed by atoms with E-state index in [0.717, 1.165) is 11.3 Å². The molecule has 2 amide bonds. The van der Waals surface area contributed by atoms with Gasteiger partial charge in [-0.1, -0.05) is 17.3 Å². The molecule has 8 heteroatoms. The summed E-state index contributed by atoms with van der Waals surface area (Å²) in [4.78, 5) is 28.4. The monoisotopic (exact) mass is 386 g/mol. The standard InChI is InChI=1S/C20H26N4O4/c1-15-13-18(22-28-15)21-19(25)14-23-9-11-24(12-10-23)20(26)8-5-16-3-6-17(27-2)7-4-16/h3-4,6-7,13H,5,8-12,14H2,1-2H3,(H,21,22,25). The van der Waals surface area contributed by atoms with Crippen LogP contribution in [0.3, 0.4) is 0 Å². The number of amides is 2. The molecule has 28 heavy (non-hydrogen) atoms. The fraction of sp³-hybridized carbons (Fsp3) is 0.450. The zero-order valence-corrected chi connectivity index (χ0v) is 16.3. The van der Waals surface area contributed by atoms with Crippen molar-refractivity contribution in [1.82, 2.24) is 15.0 Å². The molecule has 0 bridgehead atoms. The van der Waals surface area contributed by atoms with E-state index < -0.39 is 0 Å². The van der Waals surface area contributed by atoms with Gasteiger partial charge in [-0.3, -0.25) is 14.5 Å². The first kappa shape index (κ1) is 19.9. The Morgan fingerprint density at radius 2 is 1.89 bits per heavy atom. The molecule has 0 spiro atoms. The van der Waals surface area contributed by atoms with E-state index in [1.54, 1.807) is 20.1 Å². The van der Waals surface area contributed by atoms with Crippen molar-refractivity contribution in [2.24, 2.45) is 0 Å². The molecule has 3 rings (SSSR count). The molecule has 0 aliphatic carbocycles. The molecule has 8 nitrogen and oxygen atoms in total. The van der Waals surface area contributed by atoms with Crippen molar-refractivity contribution in [3.8, 4) is 5.75 Å². The van der Waals surface area contributed by atoms with Gasteiger partial charge in [0.05, 0.1) is 13.7 Å². The van der Waals surface area contributed by atoms with E-state index in [2.05, 4.69) is 10.5 Å². The van der Waals surface area contributed by atoms with E-state index in [1.165, 1.54) is 0 Å². The highest BCUT2D eigenvalue weighted by Gasteiger charge is 2.22. The smallest absolute Gasteiger partial charge is 0.239 e. The number of anilines is 1. The van der Waals surface area contributed by atoms with Crippen molar-refractivity contribution in [1.29, 1.82) is 0 Å². The number of hydrogen-bond acceptors (Lipinski definition) is 6. The average Bonchev–Trinajstić information content (AvgIpc) is 3.11.